The number of allylic oxidation sites excluding steroid dienone is 1. The number of nitrogens with zero attached hydrogens (tertiary/aromatic N) is 1. The van der Waals surface area contributed by atoms with Crippen LogP contribution in [0.2, 0.25) is 5.02 Å². The Kier molecular flexibility index (Phi) is 7.26. The molecule has 156 valence electrons. The zero-order chi connectivity index (χ0) is 22.2. The average molecular weight is 437 g/mol. The number of halogens is 2. The van der Waals surface area contributed by atoms with Gasteiger partial charge in [-0.2, -0.15) is 5.26 Å². The van der Waals surface area contributed by atoms with Crippen LogP contribution in [0.25, 0.3) is 11.6 Å². The number of carbonyl (C=O) groups excluding carboxylic acids is 1. The summed E-state index contributed by atoms with van der Waals surface area (Å²) in [7, 11) is 1.48. The summed E-state index contributed by atoms with van der Waals surface area (Å²) in [6.45, 7) is -0.253. The van der Waals surface area contributed by atoms with E-state index in [1.165, 1.54) is 31.4 Å². The molecule has 3 rings (SSSR count). The van der Waals surface area contributed by atoms with E-state index in [1.807, 2.05) is 0 Å². The van der Waals surface area contributed by atoms with Gasteiger partial charge in [0, 0.05) is 10.7 Å². The molecule has 0 aliphatic carbocycles. The summed E-state index contributed by atoms with van der Waals surface area (Å²) < 4.78 is 23.9. The standard InChI is InChI=1S/C24H18ClFN2O3/c1-30-23-13-16(12-18(14-27)17-3-5-19(25)6-4-17)2-11-22(23)31-15-24(29)28-21-9-7-20(26)8-10-21/h2-13H,15H2,1H3,(H,28,29). The summed E-state index contributed by atoms with van der Waals surface area (Å²) >= 11 is 5.90. The largest absolute Gasteiger partial charge is 0.493 e. The van der Waals surface area contributed by atoms with Crippen molar-refractivity contribution < 1.29 is 18.7 Å². The molecule has 0 spiro atoms. The molecule has 0 aliphatic heterocycles. The highest BCUT2D eigenvalue weighted by molar-refractivity contribution is 6.30. The number of hydrogen-bond acceptors (Lipinski definition) is 4. The quantitative estimate of drug-likeness (QED) is 0.388. The van der Waals surface area contributed by atoms with Crippen molar-refractivity contribution in [1.29, 1.82) is 5.26 Å². The number of methoxy groups -OCH3 is 1. The van der Waals surface area contributed by atoms with Gasteiger partial charge in [-0.15, -0.1) is 0 Å². The van der Waals surface area contributed by atoms with Crippen molar-refractivity contribution in [2.75, 3.05) is 19.0 Å². The highest BCUT2D eigenvalue weighted by atomic mass is 35.5. The van der Waals surface area contributed by atoms with Gasteiger partial charge >= 0.3 is 0 Å². The number of nitriles is 1. The molecule has 0 fully saturated rings. The predicted octanol–water partition coefficient (Wildman–Crippen LogP) is 5.57. The van der Waals surface area contributed by atoms with Gasteiger partial charge in [0.1, 0.15) is 5.82 Å². The fourth-order valence-corrected chi connectivity index (χ4v) is 2.87. The molecule has 0 saturated carbocycles. The van der Waals surface area contributed by atoms with E-state index >= 15 is 0 Å². The smallest absolute Gasteiger partial charge is 0.262 e. The van der Waals surface area contributed by atoms with Gasteiger partial charge in [0.05, 0.1) is 18.8 Å². The number of amides is 1. The topological polar surface area (TPSA) is 71.3 Å². The number of anilines is 1. The lowest BCUT2D eigenvalue weighted by molar-refractivity contribution is -0.118. The lowest BCUT2D eigenvalue weighted by Gasteiger charge is -2.12. The molecule has 0 unspecified atom stereocenters. The Morgan fingerprint density at radius 3 is 2.45 bits per heavy atom. The summed E-state index contributed by atoms with van der Waals surface area (Å²) in [5.74, 6) is 0.00603. The van der Waals surface area contributed by atoms with Crippen molar-refractivity contribution in [3.05, 3.63) is 88.7 Å². The van der Waals surface area contributed by atoms with Crippen LogP contribution in [-0.2, 0) is 4.79 Å². The number of benzene rings is 3. The molecule has 0 saturated heterocycles. The normalized spacial score (nSPS) is 10.8. The zero-order valence-electron chi connectivity index (χ0n) is 16.6. The van der Waals surface area contributed by atoms with Crippen LogP contribution in [0.1, 0.15) is 11.1 Å². The molecular formula is C24H18ClFN2O3. The molecular weight excluding hydrogens is 419 g/mol. The van der Waals surface area contributed by atoms with Crippen LogP contribution in [0.4, 0.5) is 10.1 Å². The van der Waals surface area contributed by atoms with Crippen molar-refractivity contribution in [2.24, 2.45) is 0 Å². The van der Waals surface area contributed by atoms with Crippen molar-refractivity contribution >= 4 is 34.8 Å². The Morgan fingerprint density at radius 1 is 1.10 bits per heavy atom. The predicted molar refractivity (Wildman–Crippen MR) is 118 cm³/mol. The monoisotopic (exact) mass is 436 g/mol. The van der Waals surface area contributed by atoms with Gasteiger partial charge < -0.3 is 14.8 Å². The number of nitrogens with one attached hydrogen (secondary N) is 1. The lowest BCUT2D eigenvalue weighted by Crippen LogP contribution is -2.20. The molecule has 0 bridgehead atoms. The van der Waals surface area contributed by atoms with Crippen LogP contribution in [0, 0.1) is 17.1 Å². The third-order valence-electron chi connectivity index (χ3n) is 4.26. The maximum atomic E-state index is 12.9. The van der Waals surface area contributed by atoms with Crippen LogP contribution in [0.15, 0.2) is 66.7 Å². The second kappa shape index (κ2) is 10.3. The minimum absolute atomic E-state index is 0.253. The molecule has 31 heavy (non-hydrogen) atoms. The highest BCUT2D eigenvalue weighted by Gasteiger charge is 2.10. The second-order valence-corrected chi connectivity index (χ2v) is 6.87. The molecule has 5 nitrogen and oxygen atoms in total. The van der Waals surface area contributed by atoms with Crippen LogP contribution < -0.4 is 14.8 Å². The molecule has 0 aromatic heterocycles. The van der Waals surface area contributed by atoms with E-state index in [2.05, 4.69) is 11.4 Å². The van der Waals surface area contributed by atoms with Crippen LogP contribution in [-0.4, -0.2) is 19.6 Å². The van der Waals surface area contributed by atoms with Gasteiger partial charge in [-0.05, 0) is 65.7 Å². The van der Waals surface area contributed by atoms with E-state index in [9.17, 15) is 14.4 Å². The molecule has 0 heterocycles. The fraction of sp³-hybridized carbons (Fsp3) is 0.0833. The summed E-state index contributed by atoms with van der Waals surface area (Å²) in [6.07, 6.45) is 1.72. The summed E-state index contributed by atoms with van der Waals surface area (Å²) in [6, 6.07) is 19.7. The lowest BCUT2D eigenvalue weighted by atomic mass is 10.0. The summed E-state index contributed by atoms with van der Waals surface area (Å²) in [5.41, 5.74) is 2.40. The average Bonchev–Trinajstić information content (AvgIpc) is 2.78. The molecule has 3 aromatic carbocycles. The van der Waals surface area contributed by atoms with Gasteiger partial charge in [0.15, 0.2) is 18.1 Å². The van der Waals surface area contributed by atoms with E-state index in [4.69, 9.17) is 21.1 Å². The van der Waals surface area contributed by atoms with E-state index < -0.39 is 5.91 Å². The van der Waals surface area contributed by atoms with Crippen molar-refractivity contribution in [3.63, 3.8) is 0 Å². The second-order valence-electron chi connectivity index (χ2n) is 6.43. The molecule has 0 radical (unpaired) electrons. The molecule has 0 atom stereocenters. The third kappa shape index (κ3) is 6.08. The molecule has 7 heteroatoms. The van der Waals surface area contributed by atoms with E-state index in [0.29, 0.717) is 27.8 Å². The van der Waals surface area contributed by atoms with Gasteiger partial charge in [0.2, 0.25) is 0 Å². The van der Waals surface area contributed by atoms with Crippen molar-refractivity contribution in [3.8, 4) is 17.6 Å². The van der Waals surface area contributed by atoms with Gasteiger partial charge in [-0.1, -0.05) is 29.8 Å². The Morgan fingerprint density at radius 2 is 1.81 bits per heavy atom. The Labute approximate surface area is 184 Å². The summed E-state index contributed by atoms with van der Waals surface area (Å²) in [5, 5.41) is 12.7. The number of rotatable bonds is 7. The molecule has 1 N–H and O–H groups in total. The number of ether oxygens (including phenoxy) is 2. The third-order valence-corrected chi connectivity index (χ3v) is 4.51. The van der Waals surface area contributed by atoms with Gasteiger partial charge in [-0.3, -0.25) is 4.79 Å². The minimum atomic E-state index is -0.396. The maximum Gasteiger partial charge on any atom is 0.262 e. The van der Waals surface area contributed by atoms with E-state index in [1.54, 1.807) is 48.5 Å². The first kappa shape index (κ1) is 21.9. The Hall–Kier alpha value is -3.82. The number of carbonyl (C=O) groups is 1. The first-order valence-corrected chi connectivity index (χ1v) is 9.60. The molecule has 1 amide bonds. The SMILES string of the molecule is COc1cc(C=C(C#N)c2ccc(Cl)cc2)ccc1OCC(=O)Nc1ccc(F)cc1. The highest BCUT2D eigenvalue weighted by Crippen LogP contribution is 2.30. The van der Waals surface area contributed by atoms with Crippen LogP contribution in [0.3, 0.4) is 0 Å². The number of hydrogen-bond donors (Lipinski definition) is 1. The zero-order valence-corrected chi connectivity index (χ0v) is 17.3. The van der Waals surface area contributed by atoms with Crippen molar-refractivity contribution in [1.82, 2.24) is 0 Å². The Balaban J connectivity index is 1.70. The molecule has 3 aromatic rings. The first-order valence-electron chi connectivity index (χ1n) is 9.22. The summed E-state index contributed by atoms with van der Waals surface area (Å²) in [4.78, 5) is 12.1. The van der Waals surface area contributed by atoms with Crippen LogP contribution >= 0.6 is 11.6 Å². The maximum absolute atomic E-state index is 12.9. The van der Waals surface area contributed by atoms with Gasteiger partial charge in [0.25, 0.3) is 5.91 Å². The Bertz CT molecular complexity index is 1140. The minimum Gasteiger partial charge on any atom is -0.493 e. The fourth-order valence-electron chi connectivity index (χ4n) is 2.74. The van der Waals surface area contributed by atoms with E-state index in [-0.39, 0.29) is 12.4 Å². The molecule has 0 aliphatic rings. The van der Waals surface area contributed by atoms with Crippen molar-refractivity contribution in [2.45, 2.75) is 0 Å². The van der Waals surface area contributed by atoms with E-state index in [0.717, 1.165) is 11.1 Å². The first-order chi connectivity index (χ1) is 15.0. The van der Waals surface area contributed by atoms with Crippen LogP contribution in [0.5, 0.6) is 11.5 Å². The van der Waals surface area contributed by atoms with Gasteiger partial charge in [-0.25, -0.2) is 4.39 Å².